The van der Waals surface area contributed by atoms with Crippen LogP contribution < -0.4 is 15.4 Å². The molecule has 13 heteroatoms. The Balaban J connectivity index is 1.34. The maximum absolute atomic E-state index is 17.4. The van der Waals surface area contributed by atoms with Crippen LogP contribution in [0.2, 0.25) is 0 Å². The molecular weight excluding hydrogens is 624 g/mol. The van der Waals surface area contributed by atoms with Gasteiger partial charge in [0.05, 0.1) is 30.3 Å². The first kappa shape index (κ1) is 30.7. The number of rotatable bonds is 7. The van der Waals surface area contributed by atoms with Gasteiger partial charge >= 0.3 is 6.01 Å². The van der Waals surface area contributed by atoms with E-state index < -0.39 is 17.7 Å². The summed E-state index contributed by atoms with van der Waals surface area (Å²) in [7, 11) is 2.06. The molecule has 0 radical (unpaired) electrons. The van der Waals surface area contributed by atoms with Crippen molar-refractivity contribution in [3.8, 4) is 23.2 Å². The molecule has 4 atom stereocenters. The van der Waals surface area contributed by atoms with Crippen molar-refractivity contribution < 1.29 is 23.4 Å². The average Bonchev–Trinajstić information content (AvgIpc) is 3.81. The van der Waals surface area contributed by atoms with E-state index in [1.54, 1.807) is 13.0 Å². The van der Waals surface area contributed by atoms with Gasteiger partial charge < -0.3 is 30.1 Å². The van der Waals surface area contributed by atoms with Gasteiger partial charge in [-0.3, -0.25) is 4.90 Å². The van der Waals surface area contributed by atoms with Gasteiger partial charge in [0.1, 0.15) is 34.8 Å². The van der Waals surface area contributed by atoms with Gasteiger partial charge in [-0.05, 0) is 69.5 Å². The maximum atomic E-state index is 17.4. The minimum Gasteiger partial charge on any atom is -0.462 e. The predicted octanol–water partition coefficient (Wildman–Crippen LogP) is 4.78. The Morgan fingerprint density at radius 2 is 1.89 bits per heavy atom. The molecule has 0 spiro atoms. The number of nitrogens with zero attached hydrogens (tertiary/aromatic N) is 6. The molecule has 0 amide bonds. The number of aliphatic hydroxyl groups is 1. The summed E-state index contributed by atoms with van der Waals surface area (Å²) in [4.78, 5) is 16.5. The highest BCUT2D eigenvalue weighted by Gasteiger charge is 2.43. The van der Waals surface area contributed by atoms with Crippen molar-refractivity contribution in [3.05, 3.63) is 40.5 Å². The third-order valence-electron chi connectivity index (χ3n) is 10.4. The number of anilines is 2. The molecule has 8 rings (SSSR count). The standard InChI is InChI=1S/C34H37F2N7O3S/c1-17(44)11-42-12-18-5-6-19(13-42)43(18)33-28-23-16-45-15-22(23)27(29-24(35)7-8-25-26(29)21(10-37)32(38)47-25)30(36)31(28)39-34(40-33)46-14-20-4-3-9-41(20)2/h7-8,17-20,44H,3-6,9,11-16,38H2,1-2H3/t17?,18?,19?,20-/m0/s1. The van der Waals surface area contributed by atoms with E-state index in [9.17, 15) is 10.4 Å². The van der Waals surface area contributed by atoms with Crippen molar-refractivity contribution in [3.63, 3.8) is 0 Å². The van der Waals surface area contributed by atoms with Crippen molar-refractivity contribution in [1.29, 1.82) is 5.26 Å². The number of aliphatic hydroxyl groups excluding tert-OH is 1. The highest BCUT2D eigenvalue weighted by Crippen LogP contribution is 2.49. The second-order valence-corrected chi connectivity index (χ2v) is 14.5. The lowest BCUT2D eigenvalue weighted by Gasteiger charge is -2.42. The van der Waals surface area contributed by atoms with E-state index in [0.717, 1.165) is 50.9 Å². The number of nitrogen functional groups attached to an aromatic ring is 1. The monoisotopic (exact) mass is 661 g/mol. The average molecular weight is 662 g/mol. The molecule has 3 saturated heterocycles. The predicted molar refractivity (Wildman–Crippen MR) is 176 cm³/mol. The lowest BCUT2D eigenvalue weighted by Crippen LogP contribution is -2.55. The Labute approximate surface area is 275 Å². The third kappa shape index (κ3) is 5.00. The topological polar surface area (TPSA) is 124 Å². The van der Waals surface area contributed by atoms with Gasteiger partial charge in [0.15, 0.2) is 5.82 Å². The highest BCUT2D eigenvalue weighted by molar-refractivity contribution is 7.23. The fourth-order valence-electron chi connectivity index (χ4n) is 8.26. The Kier molecular flexibility index (Phi) is 7.69. The Hall–Kier alpha value is -3.67. The van der Waals surface area contributed by atoms with Crippen molar-refractivity contribution in [2.75, 3.05) is 50.5 Å². The first-order chi connectivity index (χ1) is 22.7. The van der Waals surface area contributed by atoms with E-state index in [1.807, 2.05) is 0 Å². The van der Waals surface area contributed by atoms with E-state index in [4.69, 9.17) is 25.2 Å². The molecule has 3 fully saturated rings. The molecular formula is C34H37F2N7O3S. The van der Waals surface area contributed by atoms with E-state index >= 15 is 8.78 Å². The molecule has 0 saturated carbocycles. The number of nitrogens with two attached hydrogens (primary N) is 1. The Morgan fingerprint density at radius 3 is 2.60 bits per heavy atom. The second kappa shape index (κ2) is 11.8. The van der Waals surface area contributed by atoms with Gasteiger partial charge in [-0.1, -0.05) is 0 Å². The molecule has 6 heterocycles. The fraction of sp³-hybridized carbons (Fsp3) is 0.500. The van der Waals surface area contributed by atoms with Crippen LogP contribution in [0.25, 0.3) is 32.1 Å². The zero-order chi connectivity index (χ0) is 32.6. The molecule has 4 aliphatic rings. The number of thiophene rings is 1. The molecule has 10 nitrogen and oxygen atoms in total. The van der Waals surface area contributed by atoms with Crippen LogP contribution in [0.1, 0.15) is 49.3 Å². The maximum Gasteiger partial charge on any atom is 0.319 e. The Morgan fingerprint density at radius 1 is 1.13 bits per heavy atom. The van der Waals surface area contributed by atoms with Crippen LogP contribution >= 0.6 is 11.3 Å². The summed E-state index contributed by atoms with van der Waals surface area (Å²) in [5, 5.41) is 21.2. The van der Waals surface area contributed by atoms with E-state index in [1.165, 1.54) is 17.4 Å². The molecule has 4 aliphatic heterocycles. The van der Waals surface area contributed by atoms with Gasteiger partial charge in [-0.15, -0.1) is 11.3 Å². The normalized spacial score (nSPS) is 23.6. The number of likely N-dealkylation sites (N-methyl/N-ethyl adjacent to an activating group) is 1. The minimum atomic E-state index is -0.698. The largest absolute Gasteiger partial charge is 0.462 e. The zero-order valence-corrected chi connectivity index (χ0v) is 27.2. The van der Waals surface area contributed by atoms with Gasteiger partial charge in [-0.25, -0.2) is 8.78 Å². The summed E-state index contributed by atoms with van der Waals surface area (Å²) in [6.45, 7) is 5.50. The van der Waals surface area contributed by atoms with E-state index in [0.29, 0.717) is 40.0 Å². The molecule has 2 aromatic heterocycles. The number of likely N-dealkylation sites (tertiary alicyclic amines) is 2. The summed E-state index contributed by atoms with van der Waals surface area (Å²) in [5.41, 5.74) is 7.64. The second-order valence-electron chi connectivity index (χ2n) is 13.4. The lowest BCUT2D eigenvalue weighted by atomic mass is 9.90. The minimum absolute atomic E-state index is 0.00447. The van der Waals surface area contributed by atoms with Crippen LogP contribution in [-0.2, 0) is 18.0 Å². The molecule has 4 aromatic rings. The van der Waals surface area contributed by atoms with Crippen LogP contribution in [0.4, 0.5) is 19.6 Å². The molecule has 2 aromatic carbocycles. The number of nitriles is 1. The molecule has 246 valence electrons. The summed E-state index contributed by atoms with van der Waals surface area (Å²) in [5.74, 6) is -0.741. The van der Waals surface area contributed by atoms with Crippen molar-refractivity contribution >= 4 is 43.1 Å². The van der Waals surface area contributed by atoms with E-state index in [-0.39, 0.29) is 64.6 Å². The van der Waals surface area contributed by atoms with Crippen molar-refractivity contribution in [1.82, 2.24) is 19.8 Å². The number of aromatic nitrogens is 2. The van der Waals surface area contributed by atoms with Crippen LogP contribution in [0.15, 0.2) is 12.1 Å². The highest BCUT2D eigenvalue weighted by atomic mass is 32.1. The van der Waals surface area contributed by atoms with Gasteiger partial charge in [0.25, 0.3) is 0 Å². The number of hydrogen-bond acceptors (Lipinski definition) is 11. The number of fused-ring (bicyclic) bond motifs is 6. The first-order valence-electron chi connectivity index (χ1n) is 16.3. The summed E-state index contributed by atoms with van der Waals surface area (Å²) in [6, 6.07) is 5.48. The van der Waals surface area contributed by atoms with Gasteiger partial charge in [0.2, 0.25) is 0 Å². The number of hydrogen-bond donors (Lipinski definition) is 2. The SMILES string of the molecule is CC(O)CN1CC2CCC(C1)N2c1nc(OC[C@@H]2CCCN2C)nc2c(F)c(-c3c(F)ccc4sc(N)c(C#N)c34)c3c(c12)COC3. The first-order valence-corrected chi connectivity index (χ1v) is 17.1. The van der Waals surface area contributed by atoms with Crippen LogP contribution in [0.5, 0.6) is 6.01 Å². The quantitative estimate of drug-likeness (QED) is 0.286. The molecule has 0 aliphatic carbocycles. The smallest absolute Gasteiger partial charge is 0.319 e. The Bertz CT molecular complexity index is 1930. The van der Waals surface area contributed by atoms with Gasteiger partial charge in [-0.2, -0.15) is 15.2 Å². The third-order valence-corrected chi connectivity index (χ3v) is 11.3. The molecule has 3 unspecified atom stereocenters. The molecule has 2 bridgehead atoms. The number of β-amino-alcohol motifs (C(OH)–C–C–N with tert-alkyl or cyclic N) is 1. The lowest BCUT2D eigenvalue weighted by molar-refractivity contribution is 0.111. The van der Waals surface area contributed by atoms with Crippen LogP contribution in [0.3, 0.4) is 0 Å². The van der Waals surface area contributed by atoms with E-state index in [2.05, 4.69) is 27.8 Å². The molecule has 47 heavy (non-hydrogen) atoms. The number of ether oxygens (including phenoxy) is 2. The van der Waals surface area contributed by atoms with Crippen LogP contribution in [0, 0.1) is 23.0 Å². The van der Waals surface area contributed by atoms with Gasteiger partial charge in [0, 0.05) is 59.0 Å². The summed E-state index contributed by atoms with van der Waals surface area (Å²) in [6.07, 6.45) is 3.52. The van der Waals surface area contributed by atoms with Crippen molar-refractivity contribution in [2.45, 2.75) is 70.1 Å². The van der Waals surface area contributed by atoms with Crippen LogP contribution in [-0.4, -0.2) is 88.9 Å². The number of piperazine rings is 1. The summed E-state index contributed by atoms with van der Waals surface area (Å²) >= 11 is 1.18. The number of benzene rings is 2. The fourth-order valence-corrected chi connectivity index (χ4v) is 9.19. The molecule has 3 N–H and O–H groups in total. The van der Waals surface area contributed by atoms with Crippen molar-refractivity contribution in [2.24, 2.45) is 0 Å². The zero-order valence-electron chi connectivity index (χ0n) is 26.4. The summed E-state index contributed by atoms with van der Waals surface area (Å²) < 4.78 is 46.1. The number of halogens is 2.